The second-order valence-corrected chi connectivity index (χ2v) is 6.77. The van der Waals surface area contributed by atoms with Crippen LogP contribution in [0.25, 0.3) is 0 Å². The number of aromatic hydroxyl groups is 1. The first-order valence-electron chi connectivity index (χ1n) is 7.24. The van der Waals surface area contributed by atoms with Crippen LogP contribution >= 0.6 is 0 Å². The second-order valence-electron chi connectivity index (χ2n) is 6.77. The van der Waals surface area contributed by atoms with Gasteiger partial charge in [-0.25, -0.2) is 4.79 Å². The minimum atomic E-state index is -0.590. The lowest BCUT2D eigenvalue weighted by molar-refractivity contribution is 0.0635. The molecule has 1 unspecified atom stereocenters. The number of para-hydroxylation sites is 1. The fraction of sp³-hybridized carbons (Fsp3) is 0.562. The Morgan fingerprint density at radius 3 is 2.52 bits per heavy atom. The van der Waals surface area contributed by atoms with Crippen LogP contribution in [0.1, 0.15) is 46.1 Å². The molecule has 21 heavy (non-hydrogen) atoms. The van der Waals surface area contributed by atoms with E-state index in [-0.39, 0.29) is 17.2 Å². The summed E-state index contributed by atoms with van der Waals surface area (Å²) in [5, 5.41) is 12.8. The van der Waals surface area contributed by atoms with Gasteiger partial charge in [0.05, 0.1) is 5.69 Å². The molecular weight excluding hydrogens is 268 g/mol. The second kappa shape index (κ2) is 5.22. The van der Waals surface area contributed by atoms with Crippen LogP contribution in [-0.2, 0) is 10.2 Å². The third kappa shape index (κ3) is 3.29. The number of carbonyl (C=O) groups is 1. The van der Waals surface area contributed by atoms with Crippen molar-refractivity contribution in [3.63, 3.8) is 0 Å². The van der Waals surface area contributed by atoms with Gasteiger partial charge in [0, 0.05) is 11.5 Å². The van der Waals surface area contributed by atoms with Crippen molar-refractivity contribution in [1.82, 2.24) is 0 Å². The molecule has 0 bridgehead atoms. The molecule has 4 N–H and O–H groups in total. The maximum Gasteiger partial charge on any atom is 0.412 e. The van der Waals surface area contributed by atoms with Crippen molar-refractivity contribution >= 4 is 11.8 Å². The van der Waals surface area contributed by atoms with Gasteiger partial charge in [-0.05, 0) is 52.2 Å². The molecule has 0 heterocycles. The van der Waals surface area contributed by atoms with Crippen molar-refractivity contribution in [2.24, 2.45) is 5.73 Å². The van der Waals surface area contributed by atoms with E-state index in [2.05, 4.69) is 5.32 Å². The number of hydrogen-bond acceptors (Lipinski definition) is 4. The first-order valence-corrected chi connectivity index (χ1v) is 7.24. The zero-order valence-corrected chi connectivity index (χ0v) is 13.1. The highest BCUT2D eigenvalue weighted by Gasteiger charge is 2.49. The molecule has 0 saturated heterocycles. The number of carbonyl (C=O) groups excluding carboxylic acids is 1. The molecule has 1 aliphatic rings. The van der Waals surface area contributed by atoms with Gasteiger partial charge in [-0.15, -0.1) is 0 Å². The molecule has 1 amide bonds. The predicted molar refractivity (Wildman–Crippen MR) is 82.5 cm³/mol. The van der Waals surface area contributed by atoms with Crippen molar-refractivity contribution < 1.29 is 14.6 Å². The van der Waals surface area contributed by atoms with Gasteiger partial charge >= 0.3 is 6.09 Å². The maximum absolute atomic E-state index is 12.0. The van der Waals surface area contributed by atoms with Crippen molar-refractivity contribution in [3.8, 4) is 5.75 Å². The predicted octanol–water partition coefficient (Wildman–Crippen LogP) is 3.12. The molecule has 1 aliphatic carbocycles. The monoisotopic (exact) mass is 292 g/mol. The molecule has 0 aliphatic heterocycles. The average molecular weight is 292 g/mol. The molecule has 5 nitrogen and oxygen atoms in total. The summed E-state index contributed by atoms with van der Waals surface area (Å²) >= 11 is 0. The summed E-state index contributed by atoms with van der Waals surface area (Å²) in [6, 6.07) is 5.18. The summed E-state index contributed by atoms with van der Waals surface area (Å²) in [7, 11) is 0. The van der Waals surface area contributed by atoms with Crippen molar-refractivity contribution in [2.75, 3.05) is 5.32 Å². The summed E-state index contributed by atoms with van der Waals surface area (Å²) in [5.74, 6) is 0.0327. The molecule has 5 heteroatoms. The van der Waals surface area contributed by atoms with Crippen LogP contribution in [0.3, 0.4) is 0 Å². The van der Waals surface area contributed by atoms with Crippen LogP contribution in [0, 0.1) is 0 Å². The first kappa shape index (κ1) is 15.6. The zero-order chi connectivity index (χ0) is 15.8. The van der Waals surface area contributed by atoms with E-state index >= 15 is 0 Å². The van der Waals surface area contributed by atoms with E-state index in [4.69, 9.17) is 10.5 Å². The number of hydrogen-bond donors (Lipinski definition) is 3. The van der Waals surface area contributed by atoms with Gasteiger partial charge in [0.1, 0.15) is 11.4 Å². The smallest absolute Gasteiger partial charge is 0.412 e. The quantitative estimate of drug-likeness (QED) is 0.747. The molecule has 1 fully saturated rings. The Morgan fingerprint density at radius 1 is 1.43 bits per heavy atom. The Hall–Kier alpha value is -1.75. The maximum atomic E-state index is 12.0. The molecular formula is C16H24N2O3. The lowest BCUT2D eigenvalue weighted by atomic mass is 9.88. The van der Waals surface area contributed by atoms with Crippen LogP contribution in [0.4, 0.5) is 10.5 Å². The van der Waals surface area contributed by atoms with E-state index in [9.17, 15) is 9.90 Å². The molecule has 0 radical (unpaired) electrons. The highest BCUT2D eigenvalue weighted by atomic mass is 16.6. The van der Waals surface area contributed by atoms with Gasteiger partial charge in [0.15, 0.2) is 0 Å². The average Bonchev–Trinajstić information content (AvgIpc) is 3.10. The molecule has 1 saturated carbocycles. The number of phenols is 1. The van der Waals surface area contributed by atoms with E-state index in [0.29, 0.717) is 5.69 Å². The summed E-state index contributed by atoms with van der Waals surface area (Å²) in [6.07, 6.45) is 1.33. The standard InChI is InChI=1S/C16H24N2O3/c1-10(17)16(8-9-16)11-6-5-7-12(19)13(11)18-14(20)21-15(2,3)4/h5-7,10,19H,8-9,17H2,1-4H3,(H,18,20). The van der Waals surface area contributed by atoms with Crippen molar-refractivity contribution in [1.29, 1.82) is 0 Å². The number of ether oxygens (including phenoxy) is 1. The number of rotatable bonds is 3. The largest absolute Gasteiger partial charge is 0.506 e. The van der Waals surface area contributed by atoms with Gasteiger partial charge in [-0.3, -0.25) is 5.32 Å². The lowest BCUT2D eigenvalue weighted by Gasteiger charge is -2.25. The van der Waals surface area contributed by atoms with Gasteiger partial charge in [0.2, 0.25) is 0 Å². The fourth-order valence-corrected chi connectivity index (χ4v) is 2.60. The highest BCUT2D eigenvalue weighted by molar-refractivity contribution is 5.88. The molecule has 1 aromatic rings. The Bertz CT molecular complexity index is 543. The van der Waals surface area contributed by atoms with Crippen LogP contribution in [0.2, 0.25) is 0 Å². The van der Waals surface area contributed by atoms with Gasteiger partial charge < -0.3 is 15.6 Å². The van der Waals surface area contributed by atoms with Crippen LogP contribution in [0.15, 0.2) is 18.2 Å². The molecule has 1 atom stereocenters. The number of nitrogens with one attached hydrogen (secondary N) is 1. The molecule has 0 spiro atoms. The van der Waals surface area contributed by atoms with Crippen LogP contribution < -0.4 is 11.1 Å². The van der Waals surface area contributed by atoms with Gasteiger partial charge in [-0.2, -0.15) is 0 Å². The van der Waals surface area contributed by atoms with Crippen molar-refractivity contribution in [3.05, 3.63) is 23.8 Å². The number of phenolic OH excluding ortho intramolecular Hbond substituents is 1. The summed E-state index contributed by atoms with van der Waals surface area (Å²) in [4.78, 5) is 12.0. The molecule has 2 rings (SSSR count). The zero-order valence-electron chi connectivity index (χ0n) is 13.1. The number of amides is 1. The van der Waals surface area contributed by atoms with Gasteiger partial charge in [0.25, 0.3) is 0 Å². The number of anilines is 1. The van der Waals surface area contributed by atoms with E-state index in [1.165, 1.54) is 0 Å². The molecule has 0 aromatic heterocycles. The Morgan fingerprint density at radius 2 is 2.05 bits per heavy atom. The van der Waals surface area contributed by atoms with Crippen LogP contribution in [-0.4, -0.2) is 22.8 Å². The van der Waals surface area contributed by atoms with Crippen molar-refractivity contribution in [2.45, 2.75) is 57.6 Å². The fourth-order valence-electron chi connectivity index (χ4n) is 2.60. The third-order valence-corrected chi connectivity index (χ3v) is 3.87. The third-order valence-electron chi connectivity index (χ3n) is 3.87. The lowest BCUT2D eigenvalue weighted by Crippen LogP contribution is -2.33. The van der Waals surface area contributed by atoms with E-state index in [1.54, 1.807) is 32.9 Å². The minimum Gasteiger partial charge on any atom is -0.506 e. The highest BCUT2D eigenvalue weighted by Crippen LogP contribution is 2.54. The number of benzene rings is 1. The first-order chi connectivity index (χ1) is 9.66. The Kier molecular flexibility index (Phi) is 3.89. The SMILES string of the molecule is CC(N)C1(c2cccc(O)c2NC(=O)OC(C)(C)C)CC1. The Labute approximate surface area is 125 Å². The number of nitrogens with two attached hydrogens (primary N) is 1. The van der Waals surface area contributed by atoms with E-state index in [1.807, 2.05) is 13.0 Å². The van der Waals surface area contributed by atoms with E-state index < -0.39 is 11.7 Å². The topological polar surface area (TPSA) is 84.6 Å². The normalized spacial score (nSPS) is 18.0. The summed E-state index contributed by atoms with van der Waals surface area (Å²) in [5.41, 5.74) is 6.62. The minimum absolute atomic E-state index is 0.0327. The summed E-state index contributed by atoms with van der Waals surface area (Å²) in [6.45, 7) is 7.34. The van der Waals surface area contributed by atoms with Gasteiger partial charge in [-0.1, -0.05) is 12.1 Å². The molecule has 1 aromatic carbocycles. The summed E-state index contributed by atoms with van der Waals surface area (Å²) < 4.78 is 5.25. The molecule has 116 valence electrons. The van der Waals surface area contributed by atoms with Crippen LogP contribution in [0.5, 0.6) is 5.75 Å². The van der Waals surface area contributed by atoms with E-state index in [0.717, 1.165) is 18.4 Å². The Balaban J connectivity index is 2.30.